The van der Waals surface area contributed by atoms with Gasteiger partial charge < -0.3 is 4.74 Å². The smallest absolute Gasteiger partial charge is 0.294 e. The number of ether oxygens (including phenoxy) is 1. The summed E-state index contributed by atoms with van der Waals surface area (Å²) in [6.07, 6.45) is 9.22. The van der Waals surface area contributed by atoms with Gasteiger partial charge in [0.2, 0.25) is 0 Å². The van der Waals surface area contributed by atoms with Crippen LogP contribution >= 0.6 is 0 Å². The van der Waals surface area contributed by atoms with Gasteiger partial charge in [-0.3, -0.25) is 0 Å². The molecule has 1 aromatic carbocycles. The number of fused-ring (bicyclic) bond motifs is 1. The Balaban J connectivity index is 1.91. The molecule has 1 atom stereocenters. The Morgan fingerprint density at radius 2 is 1.88 bits per heavy atom. The third kappa shape index (κ3) is 2.08. The molecule has 1 heterocycles. The summed E-state index contributed by atoms with van der Waals surface area (Å²) >= 11 is 0. The Hall–Kier alpha value is -1.31. The van der Waals surface area contributed by atoms with E-state index in [0.29, 0.717) is 6.04 Å². The zero-order valence-electron chi connectivity index (χ0n) is 10.4. The molecule has 17 heavy (non-hydrogen) atoms. The van der Waals surface area contributed by atoms with Gasteiger partial charge in [-0.1, -0.05) is 18.6 Å². The molecule has 90 valence electrons. The van der Waals surface area contributed by atoms with Crippen LogP contribution in [0.2, 0.25) is 0 Å². The summed E-state index contributed by atoms with van der Waals surface area (Å²) in [5.74, 6) is 1.02. The van der Waals surface area contributed by atoms with E-state index in [9.17, 15) is 0 Å². The molecule has 1 aliphatic carbocycles. The Morgan fingerprint density at radius 1 is 1.12 bits per heavy atom. The first-order chi connectivity index (χ1) is 8.34. The van der Waals surface area contributed by atoms with Crippen LogP contribution in [-0.4, -0.2) is 23.1 Å². The van der Waals surface area contributed by atoms with Gasteiger partial charge in [-0.05, 0) is 25.0 Å². The highest BCUT2D eigenvalue weighted by atomic mass is 16.5. The molecule has 1 aromatic rings. The maximum absolute atomic E-state index is 5.99. The summed E-state index contributed by atoms with van der Waals surface area (Å²) in [5, 5.41) is 0. The Bertz CT molecular complexity index is 432. The molecule has 0 N–H and O–H groups in total. The van der Waals surface area contributed by atoms with Gasteiger partial charge in [0, 0.05) is 19.8 Å². The number of para-hydroxylation sites is 1. The molecule has 0 saturated heterocycles. The number of benzene rings is 1. The van der Waals surface area contributed by atoms with Crippen molar-refractivity contribution in [2.45, 2.75) is 51.3 Å². The second-order valence-electron chi connectivity index (χ2n) is 5.12. The van der Waals surface area contributed by atoms with Crippen LogP contribution in [0.4, 0.5) is 0 Å². The first-order valence-electron chi connectivity index (χ1n) is 6.72. The lowest BCUT2D eigenvalue weighted by atomic mass is 9.94. The van der Waals surface area contributed by atoms with Crippen molar-refractivity contribution >= 4 is 6.21 Å². The fraction of sp³-hybridized carbons (Fsp3) is 0.533. The van der Waals surface area contributed by atoms with Crippen LogP contribution in [0.15, 0.2) is 24.3 Å². The molecule has 0 spiro atoms. The summed E-state index contributed by atoms with van der Waals surface area (Å²) in [6.45, 7) is 2.15. The van der Waals surface area contributed by atoms with E-state index in [1.165, 1.54) is 37.7 Å². The average molecular weight is 230 g/mol. The standard InChI is InChI=1S/C15H20NO/c1-12-16(14-8-3-2-4-9-14)11-13-7-5-6-10-15(13)17-12/h5-7,10-12,14H,2-4,8-9H2,1H3/q+1. The molecule has 0 aromatic heterocycles. The van der Waals surface area contributed by atoms with Gasteiger partial charge in [0.05, 0.1) is 5.56 Å². The van der Waals surface area contributed by atoms with E-state index in [1.54, 1.807) is 0 Å². The minimum absolute atomic E-state index is 0.174. The highest BCUT2D eigenvalue weighted by molar-refractivity contribution is 5.80. The quantitative estimate of drug-likeness (QED) is 0.675. The highest BCUT2D eigenvalue weighted by Gasteiger charge is 2.32. The molecule has 0 amide bonds. The second kappa shape index (κ2) is 4.52. The van der Waals surface area contributed by atoms with Crippen molar-refractivity contribution in [1.82, 2.24) is 0 Å². The molecular formula is C15H20NO+. The van der Waals surface area contributed by atoms with Crippen molar-refractivity contribution < 1.29 is 9.31 Å². The molecule has 0 bridgehead atoms. The van der Waals surface area contributed by atoms with Gasteiger partial charge in [0.1, 0.15) is 5.75 Å². The highest BCUT2D eigenvalue weighted by Crippen LogP contribution is 2.26. The summed E-state index contributed by atoms with van der Waals surface area (Å²) in [5.41, 5.74) is 1.22. The van der Waals surface area contributed by atoms with E-state index in [-0.39, 0.29) is 6.23 Å². The van der Waals surface area contributed by atoms with Crippen LogP contribution < -0.4 is 4.74 Å². The van der Waals surface area contributed by atoms with Gasteiger partial charge >= 0.3 is 0 Å². The molecule has 2 aliphatic rings. The SMILES string of the molecule is CC1Oc2ccccc2C=[N+]1C1CCCCC1. The minimum Gasteiger partial charge on any atom is -0.433 e. The first kappa shape index (κ1) is 10.8. The van der Waals surface area contributed by atoms with Crippen molar-refractivity contribution in [3.63, 3.8) is 0 Å². The summed E-state index contributed by atoms with van der Waals surface area (Å²) < 4.78 is 8.41. The molecule has 2 heteroatoms. The maximum atomic E-state index is 5.99. The Kier molecular flexibility index (Phi) is 2.87. The molecule has 1 unspecified atom stereocenters. The van der Waals surface area contributed by atoms with E-state index in [1.807, 2.05) is 6.07 Å². The molecule has 1 fully saturated rings. The summed E-state index contributed by atoms with van der Waals surface area (Å²) in [6, 6.07) is 8.98. The van der Waals surface area contributed by atoms with Crippen LogP contribution in [-0.2, 0) is 0 Å². The molecule has 1 saturated carbocycles. The molecule has 1 aliphatic heterocycles. The number of rotatable bonds is 1. The second-order valence-corrected chi connectivity index (χ2v) is 5.12. The van der Waals surface area contributed by atoms with Crippen LogP contribution in [0.5, 0.6) is 5.75 Å². The van der Waals surface area contributed by atoms with Gasteiger partial charge in [-0.25, -0.2) is 0 Å². The Morgan fingerprint density at radius 3 is 2.71 bits per heavy atom. The lowest BCUT2D eigenvalue weighted by Crippen LogP contribution is -2.41. The molecule has 3 rings (SSSR count). The fourth-order valence-corrected chi connectivity index (χ4v) is 2.99. The third-order valence-electron chi connectivity index (χ3n) is 3.92. The minimum atomic E-state index is 0.174. The van der Waals surface area contributed by atoms with Crippen molar-refractivity contribution in [3.8, 4) is 5.75 Å². The van der Waals surface area contributed by atoms with Crippen LogP contribution in [0.3, 0.4) is 0 Å². The maximum Gasteiger partial charge on any atom is 0.294 e. The van der Waals surface area contributed by atoms with Crippen molar-refractivity contribution in [3.05, 3.63) is 29.8 Å². The van der Waals surface area contributed by atoms with Crippen molar-refractivity contribution in [1.29, 1.82) is 0 Å². The zero-order valence-corrected chi connectivity index (χ0v) is 10.4. The topological polar surface area (TPSA) is 12.2 Å². The van der Waals surface area contributed by atoms with E-state index < -0.39 is 0 Å². The van der Waals surface area contributed by atoms with Gasteiger partial charge in [0.25, 0.3) is 6.23 Å². The van der Waals surface area contributed by atoms with E-state index in [4.69, 9.17) is 4.74 Å². The van der Waals surface area contributed by atoms with Crippen LogP contribution in [0.1, 0.15) is 44.6 Å². The van der Waals surface area contributed by atoms with Gasteiger partial charge in [-0.15, -0.1) is 0 Å². The number of hydrogen-bond donors (Lipinski definition) is 0. The monoisotopic (exact) mass is 230 g/mol. The molecule has 0 radical (unpaired) electrons. The lowest BCUT2D eigenvalue weighted by molar-refractivity contribution is -0.631. The van der Waals surface area contributed by atoms with Gasteiger partial charge in [0.15, 0.2) is 12.3 Å². The first-order valence-corrected chi connectivity index (χ1v) is 6.72. The summed E-state index contributed by atoms with van der Waals surface area (Å²) in [7, 11) is 0. The van der Waals surface area contributed by atoms with E-state index in [0.717, 1.165) is 5.75 Å². The predicted molar refractivity (Wildman–Crippen MR) is 68.8 cm³/mol. The number of hydrogen-bond acceptors (Lipinski definition) is 1. The molecular weight excluding hydrogens is 210 g/mol. The zero-order chi connectivity index (χ0) is 11.7. The van der Waals surface area contributed by atoms with Gasteiger partial charge in [-0.2, -0.15) is 4.58 Å². The largest absolute Gasteiger partial charge is 0.433 e. The normalized spacial score (nSPS) is 24.8. The molecule has 2 nitrogen and oxygen atoms in total. The van der Waals surface area contributed by atoms with E-state index in [2.05, 4.69) is 35.9 Å². The Labute approximate surface area is 103 Å². The summed E-state index contributed by atoms with van der Waals surface area (Å²) in [4.78, 5) is 0. The fourth-order valence-electron chi connectivity index (χ4n) is 2.99. The van der Waals surface area contributed by atoms with Crippen molar-refractivity contribution in [2.24, 2.45) is 0 Å². The number of nitrogens with zero attached hydrogens (tertiary/aromatic N) is 1. The third-order valence-corrected chi connectivity index (χ3v) is 3.92. The lowest BCUT2D eigenvalue weighted by Gasteiger charge is -2.27. The predicted octanol–water partition coefficient (Wildman–Crippen LogP) is 3.19. The van der Waals surface area contributed by atoms with Crippen LogP contribution in [0.25, 0.3) is 0 Å². The average Bonchev–Trinajstić information content (AvgIpc) is 2.39. The van der Waals surface area contributed by atoms with Crippen molar-refractivity contribution in [2.75, 3.05) is 0 Å². The van der Waals surface area contributed by atoms with Crippen LogP contribution in [0, 0.1) is 0 Å². The van der Waals surface area contributed by atoms with E-state index >= 15 is 0 Å².